The molecule has 0 aliphatic heterocycles. The van der Waals surface area contributed by atoms with Crippen LogP contribution in [0.4, 0.5) is 0 Å². The van der Waals surface area contributed by atoms with E-state index in [1.165, 1.54) is 11.8 Å². The van der Waals surface area contributed by atoms with Gasteiger partial charge in [-0.3, -0.25) is 9.36 Å². The Bertz CT molecular complexity index is 1020. The highest BCUT2D eigenvalue weighted by Crippen LogP contribution is 2.26. The first-order valence-electron chi connectivity index (χ1n) is 9.52. The van der Waals surface area contributed by atoms with E-state index in [1.807, 2.05) is 60.0 Å². The van der Waals surface area contributed by atoms with Gasteiger partial charge >= 0.3 is 0 Å². The number of halogens is 1. The van der Waals surface area contributed by atoms with Gasteiger partial charge in [0, 0.05) is 22.7 Å². The zero-order valence-electron chi connectivity index (χ0n) is 17.5. The topological polar surface area (TPSA) is 69.0 Å². The second-order valence-corrected chi connectivity index (χ2v) is 8.90. The minimum Gasteiger partial charge on any atom is -0.497 e. The summed E-state index contributed by atoms with van der Waals surface area (Å²) in [6.07, 6.45) is 0. The van der Waals surface area contributed by atoms with Crippen LogP contribution in [0.25, 0.3) is 5.69 Å². The predicted octanol–water partition coefficient (Wildman–Crippen LogP) is 4.42. The molecule has 0 saturated heterocycles. The van der Waals surface area contributed by atoms with Crippen LogP contribution in [0.5, 0.6) is 5.75 Å². The Kier molecular flexibility index (Phi) is 7.05. The van der Waals surface area contributed by atoms with Gasteiger partial charge in [-0.05, 0) is 48.9 Å². The molecule has 0 saturated carbocycles. The molecule has 0 fully saturated rings. The van der Waals surface area contributed by atoms with Crippen LogP contribution in [0.1, 0.15) is 25.2 Å². The van der Waals surface area contributed by atoms with Gasteiger partial charge in [0.2, 0.25) is 5.91 Å². The molecule has 1 aromatic heterocycles. The van der Waals surface area contributed by atoms with E-state index < -0.39 is 0 Å². The Balaban J connectivity index is 1.61. The van der Waals surface area contributed by atoms with Crippen LogP contribution >= 0.6 is 23.4 Å². The Morgan fingerprint density at radius 3 is 2.60 bits per heavy atom. The third-order valence-corrected chi connectivity index (χ3v) is 5.96. The molecular weight excluding hydrogens is 420 g/mol. The summed E-state index contributed by atoms with van der Waals surface area (Å²) >= 11 is 7.46. The summed E-state index contributed by atoms with van der Waals surface area (Å²) in [5, 5.41) is 12.8. The lowest BCUT2D eigenvalue weighted by Gasteiger charge is -2.25. The van der Waals surface area contributed by atoms with E-state index in [0.29, 0.717) is 16.7 Å². The van der Waals surface area contributed by atoms with Gasteiger partial charge in [-0.15, -0.1) is 10.2 Å². The molecule has 0 aliphatic carbocycles. The fourth-order valence-electron chi connectivity index (χ4n) is 2.98. The van der Waals surface area contributed by atoms with Gasteiger partial charge < -0.3 is 10.1 Å². The molecule has 1 amide bonds. The zero-order chi connectivity index (χ0) is 21.7. The molecule has 0 atom stereocenters. The number of carbonyl (C=O) groups excluding carboxylic acids is 1. The Hall–Kier alpha value is -2.51. The fourth-order valence-corrected chi connectivity index (χ4v) is 3.99. The first-order chi connectivity index (χ1) is 14.3. The summed E-state index contributed by atoms with van der Waals surface area (Å²) < 4.78 is 7.14. The largest absolute Gasteiger partial charge is 0.497 e. The van der Waals surface area contributed by atoms with Crippen LogP contribution in [0.2, 0.25) is 5.02 Å². The highest BCUT2D eigenvalue weighted by molar-refractivity contribution is 7.99. The van der Waals surface area contributed by atoms with Gasteiger partial charge in [-0.2, -0.15) is 0 Å². The van der Waals surface area contributed by atoms with Crippen molar-refractivity contribution in [1.82, 2.24) is 20.1 Å². The summed E-state index contributed by atoms with van der Waals surface area (Å²) in [5.74, 6) is 1.72. The van der Waals surface area contributed by atoms with Crippen LogP contribution in [0, 0.1) is 6.92 Å². The van der Waals surface area contributed by atoms with Crippen LogP contribution < -0.4 is 10.1 Å². The molecule has 158 valence electrons. The third kappa shape index (κ3) is 5.34. The molecule has 1 heterocycles. The van der Waals surface area contributed by atoms with Crippen LogP contribution in [0.15, 0.2) is 53.7 Å². The summed E-state index contributed by atoms with van der Waals surface area (Å²) in [5.41, 5.74) is 1.77. The maximum atomic E-state index is 12.5. The molecule has 0 aliphatic rings. The van der Waals surface area contributed by atoms with E-state index in [2.05, 4.69) is 29.4 Å². The number of nitrogens with zero attached hydrogens (tertiary/aromatic N) is 3. The fraction of sp³-hybridized carbons (Fsp3) is 0.318. The molecule has 0 bridgehead atoms. The van der Waals surface area contributed by atoms with Crippen molar-refractivity contribution in [2.75, 3.05) is 19.4 Å². The number of nitrogens with one attached hydrogen (secondary N) is 1. The number of ether oxygens (including phenoxy) is 1. The maximum Gasteiger partial charge on any atom is 0.230 e. The molecule has 6 nitrogen and oxygen atoms in total. The van der Waals surface area contributed by atoms with Gasteiger partial charge in [0.1, 0.15) is 11.6 Å². The van der Waals surface area contributed by atoms with E-state index in [1.54, 1.807) is 7.11 Å². The summed E-state index contributed by atoms with van der Waals surface area (Å²) in [6, 6.07) is 15.4. The lowest BCUT2D eigenvalue weighted by molar-refractivity contribution is -0.118. The minimum atomic E-state index is -0.231. The van der Waals surface area contributed by atoms with E-state index in [0.717, 1.165) is 22.8 Å². The zero-order valence-corrected chi connectivity index (χ0v) is 19.0. The normalized spacial score (nSPS) is 11.4. The summed E-state index contributed by atoms with van der Waals surface area (Å²) in [6.45, 7) is 6.55. The molecular formula is C22H25ClN4O2S. The molecule has 0 radical (unpaired) electrons. The van der Waals surface area contributed by atoms with Crippen LogP contribution in [-0.4, -0.2) is 40.1 Å². The summed E-state index contributed by atoms with van der Waals surface area (Å²) in [4.78, 5) is 12.5. The standard InChI is InChI=1S/C22H25ClN4O2S/c1-15-25-26-21(27(15)18-8-10-19(29-4)11-9-18)30-13-20(28)24-14-22(2,3)16-6-5-7-17(23)12-16/h5-12H,13-14H2,1-4H3,(H,24,28). The van der Waals surface area contributed by atoms with Crippen LogP contribution in [0.3, 0.4) is 0 Å². The number of thioether (sulfide) groups is 1. The van der Waals surface area contributed by atoms with Gasteiger partial charge in [0.05, 0.1) is 12.9 Å². The van der Waals surface area contributed by atoms with Gasteiger partial charge in [-0.25, -0.2) is 0 Å². The number of benzene rings is 2. The molecule has 0 unspecified atom stereocenters. The lowest BCUT2D eigenvalue weighted by Crippen LogP contribution is -2.37. The smallest absolute Gasteiger partial charge is 0.230 e. The average molecular weight is 445 g/mol. The number of hydrogen-bond donors (Lipinski definition) is 1. The van der Waals surface area contributed by atoms with Gasteiger partial charge in [0.15, 0.2) is 5.16 Å². The van der Waals surface area contributed by atoms with Crippen molar-refractivity contribution in [3.63, 3.8) is 0 Å². The van der Waals surface area contributed by atoms with Crippen molar-refractivity contribution < 1.29 is 9.53 Å². The van der Waals surface area contributed by atoms with E-state index in [9.17, 15) is 4.79 Å². The Morgan fingerprint density at radius 1 is 1.20 bits per heavy atom. The molecule has 3 rings (SSSR count). The molecule has 0 spiro atoms. The molecule has 1 N–H and O–H groups in total. The maximum absolute atomic E-state index is 12.5. The molecule has 2 aromatic carbocycles. The van der Waals surface area contributed by atoms with Crippen molar-refractivity contribution >= 4 is 29.3 Å². The van der Waals surface area contributed by atoms with Crippen molar-refractivity contribution in [2.45, 2.75) is 31.3 Å². The van der Waals surface area contributed by atoms with Crippen molar-refractivity contribution in [1.29, 1.82) is 0 Å². The number of carbonyl (C=O) groups is 1. The monoisotopic (exact) mass is 444 g/mol. The number of amides is 1. The number of rotatable bonds is 8. The molecule has 8 heteroatoms. The Morgan fingerprint density at radius 2 is 1.93 bits per heavy atom. The quantitative estimate of drug-likeness (QED) is 0.521. The van der Waals surface area contributed by atoms with Crippen molar-refractivity contribution in [3.05, 3.63) is 64.9 Å². The average Bonchev–Trinajstić information content (AvgIpc) is 3.11. The Labute approximate surface area is 186 Å². The predicted molar refractivity (Wildman–Crippen MR) is 121 cm³/mol. The van der Waals surface area contributed by atoms with Crippen LogP contribution in [-0.2, 0) is 10.2 Å². The SMILES string of the molecule is COc1ccc(-n2c(C)nnc2SCC(=O)NCC(C)(C)c2cccc(Cl)c2)cc1. The highest BCUT2D eigenvalue weighted by atomic mass is 35.5. The minimum absolute atomic E-state index is 0.0583. The number of aryl methyl sites for hydroxylation is 1. The van der Waals surface area contributed by atoms with E-state index >= 15 is 0 Å². The highest BCUT2D eigenvalue weighted by Gasteiger charge is 2.22. The van der Waals surface area contributed by atoms with E-state index in [-0.39, 0.29) is 17.1 Å². The third-order valence-electron chi connectivity index (χ3n) is 4.79. The number of methoxy groups -OCH3 is 1. The molecule has 3 aromatic rings. The lowest BCUT2D eigenvalue weighted by atomic mass is 9.84. The van der Waals surface area contributed by atoms with Crippen molar-refractivity contribution in [2.24, 2.45) is 0 Å². The number of hydrogen-bond acceptors (Lipinski definition) is 5. The van der Waals surface area contributed by atoms with E-state index in [4.69, 9.17) is 16.3 Å². The second kappa shape index (κ2) is 9.53. The van der Waals surface area contributed by atoms with Gasteiger partial charge in [0.25, 0.3) is 0 Å². The van der Waals surface area contributed by atoms with Gasteiger partial charge in [-0.1, -0.05) is 49.3 Å². The van der Waals surface area contributed by atoms with Crippen molar-refractivity contribution in [3.8, 4) is 11.4 Å². The second-order valence-electron chi connectivity index (χ2n) is 7.52. The first-order valence-corrected chi connectivity index (χ1v) is 10.9. The molecule has 30 heavy (non-hydrogen) atoms. The first kappa shape index (κ1) is 22.2. The number of aromatic nitrogens is 3. The summed E-state index contributed by atoms with van der Waals surface area (Å²) in [7, 11) is 1.63.